The van der Waals surface area contributed by atoms with Crippen LogP contribution in [0.25, 0.3) is 0 Å². The van der Waals surface area contributed by atoms with E-state index in [0.29, 0.717) is 18.7 Å². The molecule has 1 aromatic heterocycles. The zero-order valence-electron chi connectivity index (χ0n) is 13.6. The molecule has 1 aliphatic rings. The van der Waals surface area contributed by atoms with Gasteiger partial charge >= 0.3 is 0 Å². The summed E-state index contributed by atoms with van der Waals surface area (Å²) in [5.41, 5.74) is 0.750. The van der Waals surface area contributed by atoms with Crippen LogP contribution in [0.15, 0.2) is 47.4 Å². The second-order valence-corrected chi connectivity index (χ2v) is 7.77. The lowest BCUT2D eigenvalue weighted by molar-refractivity contribution is -0.119. The Kier molecular flexibility index (Phi) is 4.82. The molecule has 1 aliphatic heterocycles. The van der Waals surface area contributed by atoms with E-state index in [2.05, 4.69) is 10.3 Å². The zero-order valence-corrected chi connectivity index (χ0v) is 14.5. The van der Waals surface area contributed by atoms with Crippen LogP contribution in [0, 0.1) is 12.7 Å². The van der Waals surface area contributed by atoms with Gasteiger partial charge in [-0.2, -0.15) is 4.31 Å². The number of hydrogen-bond acceptors (Lipinski definition) is 4. The summed E-state index contributed by atoms with van der Waals surface area (Å²) in [6.45, 7) is 2.05. The second kappa shape index (κ2) is 6.89. The van der Waals surface area contributed by atoms with Gasteiger partial charge in [-0.1, -0.05) is 6.07 Å². The molecule has 1 saturated heterocycles. The van der Waals surface area contributed by atoms with Crippen LogP contribution in [-0.4, -0.2) is 36.2 Å². The number of benzene rings is 1. The third kappa shape index (κ3) is 3.69. The van der Waals surface area contributed by atoms with Crippen LogP contribution >= 0.6 is 0 Å². The molecular formula is C17H18FN3O3S. The Hall–Kier alpha value is -2.32. The van der Waals surface area contributed by atoms with Crippen LogP contribution in [0.5, 0.6) is 0 Å². The average Bonchev–Trinajstić information content (AvgIpc) is 3.06. The maximum atomic E-state index is 13.1. The van der Waals surface area contributed by atoms with E-state index in [9.17, 15) is 17.6 Å². The van der Waals surface area contributed by atoms with Crippen molar-refractivity contribution in [3.63, 3.8) is 0 Å². The number of aryl methyl sites for hydroxylation is 1. The highest BCUT2D eigenvalue weighted by atomic mass is 32.2. The molecule has 3 rings (SSSR count). The molecule has 1 N–H and O–H groups in total. The first kappa shape index (κ1) is 17.5. The van der Waals surface area contributed by atoms with E-state index in [1.165, 1.54) is 16.4 Å². The fraction of sp³-hybridized carbons (Fsp3) is 0.294. The predicted octanol–water partition coefficient (Wildman–Crippen LogP) is 2.32. The van der Waals surface area contributed by atoms with Crippen LogP contribution in [-0.2, 0) is 14.8 Å². The second-order valence-electron chi connectivity index (χ2n) is 5.88. The van der Waals surface area contributed by atoms with Crippen molar-refractivity contribution < 1.29 is 17.6 Å². The summed E-state index contributed by atoms with van der Waals surface area (Å²) in [4.78, 5) is 16.7. The number of anilines is 1. The first-order chi connectivity index (χ1) is 11.9. The van der Waals surface area contributed by atoms with Crippen LogP contribution < -0.4 is 5.32 Å². The van der Waals surface area contributed by atoms with E-state index >= 15 is 0 Å². The first-order valence-corrected chi connectivity index (χ1v) is 9.34. The number of carbonyl (C=O) groups excluding carboxylic acids is 1. The number of rotatable bonds is 4. The molecule has 2 aromatic rings. The zero-order chi connectivity index (χ0) is 18.0. The smallest absolute Gasteiger partial charge is 0.243 e. The molecule has 1 fully saturated rings. The van der Waals surface area contributed by atoms with Crippen molar-refractivity contribution in [3.8, 4) is 0 Å². The number of hydrogen-bond donors (Lipinski definition) is 1. The number of aromatic nitrogens is 1. The minimum absolute atomic E-state index is 0.0257. The molecule has 1 atom stereocenters. The SMILES string of the molecule is Cc1cccc(NC(=O)C2CCCN2S(=O)(=O)c2ccc(F)cc2)n1. The van der Waals surface area contributed by atoms with E-state index < -0.39 is 27.8 Å². The maximum absolute atomic E-state index is 13.1. The Balaban J connectivity index is 1.82. The Labute approximate surface area is 145 Å². The topological polar surface area (TPSA) is 79.4 Å². The molecule has 2 heterocycles. The third-order valence-corrected chi connectivity index (χ3v) is 5.99. The van der Waals surface area contributed by atoms with Crippen LogP contribution in [0.4, 0.5) is 10.2 Å². The van der Waals surface area contributed by atoms with E-state index in [1.54, 1.807) is 25.1 Å². The number of nitrogens with zero attached hydrogens (tertiary/aromatic N) is 2. The van der Waals surface area contributed by atoms with Crippen molar-refractivity contribution in [2.75, 3.05) is 11.9 Å². The molecule has 6 nitrogen and oxygen atoms in total. The maximum Gasteiger partial charge on any atom is 0.243 e. The third-order valence-electron chi connectivity index (χ3n) is 4.07. The molecule has 25 heavy (non-hydrogen) atoms. The largest absolute Gasteiger partial charge is 0.309 e. The standard InChI is InChI=1S/C17H18FN3O3S/c1-12-4-2-6-16(19-12)20-17(22)15-5-3-11-21(15)25(23,24)14-9-7-13(18)8-10-14/h2,4,6-10,15H,3,5,11H2,1H3,(H,19,20,22). The highest BCUT2D eigenvalue weighted by Crippen LogP contribution is 2.27. The average molecular weight is 363 g/mol. The van der Waals surface area contributed by atoms with Crippen molar-refractivity contribution in [1.29, 1.82) is 0 Å². The highest BCUT2D eigenvalue weighted by molar-refractivity contribution is 7.89. The number of nitrogens with one attached hydrogen (secondary N) is 1. The number of carbonyl (C=O) groups is 1. The first-order valence-electron chi connectivity index (χ1n) is 7.90. The predicted molar refractivity (Wildman–Crippen MR) is 90.9 cm³/mol. The van der Waals surface area contributed by atoms with Crippen molar-refractivity contribution in [1.82, 2.24) is 9.29 Å². The molecule has 0 radical (unpaired) electrons. The summed E-state index contributed by atoms with van der Waals surface area (Å²) in [5, 5.41) is 2.67. The van der Waals surface area contributed by atoms with Gasteiger partial charge in [0.1, 0.15) is 17.7 Å². The molecule has 132 valence electrons. The van der Waals surface area contributed by atoms with Gasteiger partial charge in [-0.3, -0.25) is 4.79 Å². The van der Waals surface area contributed by atoms with Gasteiger partial charge in [-0.25, -0.2) is 17.8 Å². The minimum atomic E-state index is -3.86. The Morgan fingerprint density at radius 3 is 2.64 bits per heavy atom. The van der Waals surface area contributed by atoms with E-state index in [0.717, 1.165) is 17.8 Å². The minimum Gasteiger partial charge on any atom is -0.309 e. The number of amides is 1. The lowest BCUT2D eigenvalue weighted by Crippen LogP contribution is -2.43. The fourth-order valence-corrected chi connectivity index (χ4v) is 4.51. The molecule has 0 saturated carbocycles. The number of pyridine rings is 1. The molecular weight excluding hydrogens is 345 g/mol. The van der Waals surface area contributed by atoms with Crippen LogP contribution in [0.2, 0.25) is 0 Å². The monoisotopic (exact) mass is 363 g/mol. The molecule has 0 aliphatic carbocycles. The Morgan fingerprint density at radius 2 is 1.96 bits per heavy atom. The van der Waals surface area contributed by atoms with Gasteiger partial charge in [0.15, 0.2) is 0 Å². The Morgan fingerprint density at radius 1 is 1.24 bits per heavy atom. The van der Waals surface area contributed by atoms with Gasteiger partial charge in [-0.15, -0.1) is 0 Å². The lowest BCUT2D eigenvalue weighted by atomic mass is 10.2. The molecule has 1 aromatic carbocycles. The molecule has 1 amide bonds. The molecule has 1 unspecified atom stereocenters. The quantitative estimate of drug-likeness (QED) is 0.904. The van der Waals surface area contributed by atoms with Crippen LogP contribution in [0.1, 0.15) is 18.5 Å². The van der Waals surface area contributed by atoms with Gasteiger partial charge in [0.2, 0.25) is 15.9 Å². The van der Waals surface area contributed by atoms with Gasteiger partial charge in [0, 0.05) is 12.2 Å². The summed E-state index contributed by atoms with van der Waals surface area (Å²) >= 11 is 0. The van der Waals surface area contributed by atoms with Crippen molar-refractivity contribution >= 4 is 21.7 Å². The highest BCUT2D eigenvalue weighted by Gasteiger charge is 2.39. The fourth-order valence-electron chi connectivity index (χ4n) is 2.85. The summed E-state index contributed by atoms with van der Waals surface area (Å²) in [6.07, 6.45) is 1.01. The van der Waals surface area contributed by atoms with Gasteiger partial charge in [0.25, 0.3) is 0 Å². The number of halogens is 1. The number of sulfonamides is 1. The van der Waals surface area contributed by atoms with E-state index in [4.69, 9.17) is 0 Å². The van der Waals surface area contributed by atoms with Crippen LogP contribution in [0.3, 0.4) is 0 Å². The van der Waals surface area contributed by atoms with Gasteiger partial charge < -0.3 is 5.32 Å². The summed E-state index contributed by atoms with van der Waals surface area (Å²) in [6, 6.07) is 9.01. The van der Waals surface area contributed by atoms with Crippen molar-refractivity contribution in [2.45, 2.75) is 30.7 Å². The summed E-state index contributed by atoms with van der Waals surface area (Å²) < 4.78 is 39.8. The normalized spacial score (nSPS) is 18.2. The van der Waals surface area contributed by atoms with Gasteiger partial charge in [0.05, 0.1) is 4.90 Å². The van der Waals surface area contributed by atoms with E-state index in [1.807, 2.05) is 0 Å². The summed E-state index contributed by atoms with van der Waals surface area (Å²) in [7, 11) is -3.86. The van der Waals surface area contributed by atoms with Crippen molar-refractivity contribution in [2.24, 2.45) is 0 Å². The van der Waals surface area contributed by atoms with Crippen molar-refractivity contribution in [3.05, 3.63) is 54.0 Å². The van der Waals surface area contributed by atoms with Gasteiger partial charge in [-0.05, 0) is 56.2 Å². The molecule has 8 heteroatoms. The van der Waals surface area contributed by atoms with E-state index in [-0.39, 0.29) is 11.4 Å². The molecule has 0 bridgehead atoms. The summed E-state index contributed by atoms with van der Waals surface area (Å²) in [5.74, 6) is -0.544. The molecule has 0 spiro atoms. The Bertz CT molecular complexity index is 884. The lowest BCUT2D eigenvalue weighted by Gasteiger charge is -2.23.